The number of rotatable bonds is 5. The van der Waals surface area contributed by atoms with Gasteiger partial charge in [0.1, 0.15) is 0 Å². The second-order valence-electron chi connectivity index (χ2n) is 8.59. The first kappa shape index (κ1) is 21.6. The van der Waals surface area contributed by atoms with Crippen LogP contribution < -0.4 is 20.9 Å². The molecule has 0 bridgehead atoms. The number of amides is 4. The molecule has 3 fully saturated rings. The zero-order valence-corrected chi connectivity index (χ0v) is 18.0. The van der Waals surface area contributed by atoms with E-state index in [1.54, 1.807) is 4.90 Å². The molecular formula is C22H32N6O3. The highest BCUT2D eigenvalue weighted by atomic mass is 16.2. The van der Waals surface area contributed by atoms with Crippen LogP contribution >= 0.6 is 0 Å². The lowest BCUT2D eigenvalue weighted by atomic mass is 9.96. The second kappa shape index (κ2) is 9.65. The fraction of sp³-hybridized carbons (Fsp3) is 0.591. The van der Waals surface area contributed by atoms with E-state index >= 15 is 0 Å². The first-order valence-electron chi connectivity index (χ1n) is 11.2. The molecule has 3 N–H and O–H groups in total. The van der Waals surface area contributed by atoms with Crippen molar-refractivity contribution in [2.45, 2.75) is 19.3 Å². The smallest absolute Gasteiger partial charge is 0.328 e. The second-order valence-corrected chi connectivity index (χ2v) is 8.59. The maximum Gasteiger partial charge on any atom is 0.328 e. The molecule has 1 aromatic carbocycles. The molecule has 3 aliphatic rings. The van der Waals surface area contributed by atoms with Crippen molar-refractivity contribution < 1.29 is 14.4 Å². The molecule has 0 saturated carbocycles. The third kappa shape index (κ3) is 5.16. The molecule has 3 saturated heterocycles. The number of nitrogens with one attached hydrogen (secondary N) is 1. The maximum absolute atomic E-state index is 12.1. The highest BCUT2D eigenvalue weighted by Crippen LogP contribution is 2.26. The van der Waals surface area contributed by atoms with Gasteiger partial charge in [-0.15, -0.1) is 0 Å². The number of likely N-dealkylation sites (tertiary alicyclic amines) is 1. The van der Waals surface area contributed by atoms with Crippen LogP contribution in [0.2, 0.25) is 0 Å². The van der Waals surface area contributed by atoms with E-state index in [1.807, 2.05) is 23.1 Å². The van der Waals surface area contributed by atoms with Crippen LogP contribution in [0.25, 0.3) is 0 Å². The predicted molar refractivity (Wildman–Crippen MR) is 119 cm³/mol. The maximum atomic E-state index is 12.1. The van der Waals surface area contributed by atoms with Crippen molar-refractivity contribution in [2.24, 2.45) is 11.7 Å². The van der Waals surface area contributed by atoms with Crippen molar-refractivity contribution in [2.75, 3.05) is 68.7 Å². The molecule has 9 nitrogen and oxygen atoms in total. The highest BCUT2D eigenvalue weighted by molar-refractivity contribution is 6.05. The Morgan fingerprint density at radius 1 is 1.00 bits per heavy atom. The number of carbonyl (C=O) groups is 3. The number of urea groups is 1. The number of piperidine rings is 1. The van der Waals surface area contributed by atoms with Crippen molar-refractivity contribution in [1.29, 1.82) is 0 Å². The van der Waals surface area contributed by atoms with Crippen molar-refractivity contribution >= 4 is 29.2 Å². The summed E-state index contributed by atoms with van der Waals surface area (Å²) in [4.78, 5) is 43.7. The van der Waals surface area contributed by atoms with Crippen LogP contribution in [0.5, 0.6) is 0 Å². The molecule has 0 radical (unpaired) electrons. The quantitative estimate of drug-likeness (QED) is 0.706. The monoisotopic (exact) mass is 428 g/mol. The summed E-state index contributed by atoms with van der Waals surface area (Å²) in [7, 11) is 0. The van der Waals surface area contributed by atoms with Crippen LogP contribution in [0.1, 0.15) is 19.3 Å². The summed E-state index contributed by atoms with van der Waals surface area (Å²) in [6.07, 6.45) is 2.43. The molecule has 0 aromatic heterocycles. The van der Waals surface area contributed by atoms with Crippen LogP contribution in [0.4, 0.5) is 16.2 Å². The van der Waals surface area contributed by atoms with E-state index in [2.05, 4.69) is 21.2 Å². The van der Waals surface area contributed by atoms with E-state index < -0.39 is 0 Å². The van der Waals surface area contributed by atoms with Gasteiger partial charge in [-0.25, -0.2) is 4.79 Å². The lowest BCUT2D eigenvalue weighted by Gasteiger charge is -2.39. The average Bonchev–Trinajstić information content (AvgIpc) is 2.80. The van der Waals surface area contributed by atoms with E-state index in [-0.39, 0.29) is 24.4 Å². The molecule has 4 rings (SSSR count). The Hall–Kier alpha value is -2.65. The Bertz CT molecular complexity index is 815. The first-order valence-corrected chi connectivity index (χ1v) is 11.2. The Balaban J connectivity index is 1.27. The van der Waals surface area contributed by atoms with E-state index in [1.165, 1.54) is 0 Å². The number of nitrogens with two attached hydrogens (primary N) is 1. The first-order chi connectivity index (χ1) is 15.0. The Morgan fingerprint density at radius 3 is 2.39 bits per heavy atom. The third-order valence-corrected chi connectivity index (χ3v) is 6.59. The van der Waals surface area contributed by atoms with E-state index in [0.717, 1.165) is 70.0 Å². The molecule has 0 aliphatic carbocycles. The number of hydrogen-bond donors (Lipinski definition) is 2. The molecule has 1 aromatic rings. The SMILES string of the molecule is NCC(=O)N1CCC(CN2CCN(c3cccc(N4CCC(=O)NC4=O)c3)CC2)CC1. The average molecular weight is 429 g/mol. The fourth-order valence-electron chi connectivity index (χ4n) is 4.72. The van der Waals surface area contributed by atoms with Crippen LogP contribution in [-0.4, -0.2) is 86.5 Å². The van der Waals surface area contributed by atoms with Gasteiger partial charge in [0.2, 0.25) is 11.8 Å². The topological polar surface area (TPSA) is 102 Å². The molecule has 168 valence electrons. The van der Waals surface area contributed by atoms with Gasteiger partial charge in [-0.2, -0.15) is 0 Å². The van der Waals surface area contributed by atoms with Gasteiger partial charge in [0.25, 0.3) is 0 Å². The standard InChI is InChI=1S/C22H32N6O3/c23-15-21(30)27-7-4-17(5-8-27)16-25-10-12-26(13-11-25)18-2-1-3-19(14-18)28-9-6-20(29)24-22(28)31/h1-3,14,17H,4-13,15-16,23H2,(H,24,29,31). The van der Waals surface area contributed by atoms with Gasteiger partial charge >= 0.3 is 6.03 Å². The molecular weight excluding hydrogens is 396 g/mol. The van der Waals surface area contributed by atoms with Crippen LogP contribution in [0.3, 0.4) is 0 Å². The molecule has 0 unspecified atom stereocenters. The van der Waals surface area contributed by atoms with E-state index in [0.29, 0.717) is 18.9 Å². The molecule has 0 atom stereocenters. The number of benzene rings is 1. The van der Waals surface area contributed by atoms with E-state index in [9.17, 15) is 14.4 Å². The normalized spacial score (nSPS) is 21.4. The van der Waals surface area contributed by atoms with Gasteiger partial charge in [-0.05, 0) is 37.0 Å². The molecule has 3 heterocycles. The summed E-state index contributed by atoms with van der Waals surface area (Å²) in [6.45, 7) is 7.14. The highest BCUT2D eigenvalue weighted by Gasteiger charge is 2.27. The summed E-state index contributed by atoms with van der Waals surface area (Å²) < 4.78 is 0. The number of nitrogens with zero attached hydrogens (tertiary/aromatic N) is 4. The van der Waals surface area contributed by atoms with E-state index in [4.69, 9.17) is 5.73 Å². The number of hydrogen-bond acceptors (Lipinski definition) is 6. The fourth-order valence-corrected chi connectivity index (χ4v) is 4.72. The Morgan fingerprint density at radius 2 is 1.71 bits per heavy atom. The lowest BCUT2D eigenvalue weighted by Crippen LogP contribution is -2.50. The number of anilines is 2. The largest absolute Gasteiger partial charge is 0.369 e. The zero-order valence-electron chi connectivity index (χ0n) is 18.0. The summed E-state index contributed by atoms with van der Waals surface area (Å²) in [6, 6.07) is 7.65. The molecule has 9 heteroatoms. The van der Waals surface area contributed by atoms with Crippen molar-refractivity contribution in [3.8, 4) is 0 Å². The number of piperazine rings is 1. The molecule has 3 aliphatic heterocycles. The van der Waals surface area contributed by atoms with Crippen molar-refractivity contribution in [3.05, 3.63) is 24.3 Å². The lowest BCUT2D eigenvalue weighted by molar-refractivity contribution is -0.131. The minimum absolute atomic E-state index is 0.0583. The van der Waals surface area contributed by atoms with Crippen molar-refractivity contribution in [3.63, 3.8) is 0 Å². The van der Waals surface area contributed by atoms with Gasteiger partial charge in [0, 0.05) is 70.2 Å². The van der Waals surface area contributed by atoms with Crippen molar-refractivity contribution in [1.82, 2.24) is 15.1 Å². The van der Waals surface area contributed by atoms with Gasteiger partial charge in [-0.1, -0.05) is 6.07 Å². The minimum atomic E-state index is -0.350. The van der Waals surface area contributed by atoms with Gasteiger partial charge in [0.15, 0.2) is 0 Å². The summed E-state index contributed by atoms with van der Waals surface area (Å²) >= 11 is 0. The molecule has 4 amide bonds. The summed E-state index contributed by atoms with van der Waals surface area (Å²) in [5.74, 6) is 0.477. The summed E-state index contributed by atoms with van der Waals surface area (Å²) in [5, 5.41) is 2.38. The third-order valence-electron chi connectivity index (χ3n) is 6.59. The Kier molecular flexibility index (Phi) is 6.72. The van der Waals surface area contributed by atoms with Gasteiger partial charge < -0.3 is 15.5 Å². The van der Waals surface area contributed by atoms with Gasteiger partial charge in [-0.3, -0.25) is 24.7 Å². The molecule has 31 heavy (non-hydrogen) atoms. The zero-order chi connectivity index (χ0) is 21.8. The predicted octanol–water partition coefficient (Wildman–Crippen LogP) is 0.452. The Labute approximate surface area is 183 Å². The minimum Gasteiger partial charge on any atom is -0.369 e. The number of imide groups is 1. The van der Waals surface area contributed by atoms with Crippen LogP contribution in [0, 0.1) is 5.92 Å². The molecule has 0 spiro atoms. The van der Waals surface area contributed by atoms with Crippen LogP contribution in [0.15, 0.2) is 24.3 Å². The van der Waals surface area contributed by atoms with Crippen LogP contribution in [-0.2, 0) is 9.59 Å². The van der Waals surface area contributed by atoms with Gasteiger partial charge in [0.05, 0.1) is 6.54 Å². The summed E-state index contributed by atoms with van der Waals surface area (Å²) in [5.41, 5.74) is 7.40. The number of carbonyl (C=O) groups excluding carboxylic acids is 3.